The third-order valence-corrected chi connectivity index (χ3v) is 6.14. The highest BCUT2D eigenvalue weighted by atomic mass is 16.7. The fourth-order valence-electron chi connectivity index (χ4n) is 4.20. The summed E-state index contributed by atoms with van der Waals surface area (Å²) in [4.78, 5) is 11.0. The molecule has 0 aromatic rings. The van der Waals surface area contributed by atoms with Gasteiger partial charge in [0, 0.05) is 54.1 Å². The van der Waals surface area contributed by atoms with Crippen molar-refractivity contribution in [2.45, 2.75) is 68.4 Å². The van der Waals surface area contributed by atoms with Gasteiger partial charge in [0.05, 0.1) is 37.6 Å². The average molecular weight is 389 g/mol. The maximum Gasteiger partial charge on any atom is 0.168 e. The third kappa shape index (κ3) is 5.95. The van der Waals surface area contributed by atoms with Gasteiger partial charge in [-0.05, 0) is 25.7 Å². The molecule has 3 fully saturated rings. The summed E-state index contributed by atoms with van der Waals surface area (Å²) in [7, 11) is 6.83. The number of rotatable bonds is 6. The molecule has 0 amide bonds. The third-order valence-electron chi connectivity index (χ3n) is 6.14. The number of hydrogen-bond acceptors (Lipinski definition) is 7. The van der Waals surface area contributed by atoms with Crippen molar-refractivity contribution in [1.29, 1.82) is 0 Å². The standard InChI is InChI=1S/C11H20O4.C9H16O3/c1-12-9-10(13-2)3-5-11(6-4-10)14-7-8-15-11;1-11-7-9(12-2)5-3-8(10)4-6-9/h3-9H2,1-2H3;3-7H2,1-2H3. The van der Waals surface area contributed by atoms with E-state index in [1.54, 1.807) is 28.4 Å². The smallest absolute Gasteiger partial charge is 0.168 e. The van der Waals surface area contributed by atoms with Gasteiger partial charge in [-0.25, -0.2) is 0 Å². The van der Waals surface area contributed by atoms with Crippen molar-refractivity contribution in [3.63, 3.8) is 0 Å². The van der Waals surface area contributed by atoms with E-state index in [1.807, 2.05) is 0 Å². The highest BCUT2D eigenvalue weighted by molar-refractivity contribution is 5.79. The average Bonchev–Trinajstić information content (AvgIpc) is 3.15. The number of methoxy groups -OCH3 is 4. The lowest BCUT2D eigenvalue weighted by Crippen LogP contribution is -2.47. The van der Waals surface area contributed by atoms with Crippen molar-refractivity contribution < 1.29 is 33.2 Å². The van der Waals surface area contributed by atoms with E-state index in [2.05, 4.69) is 0 Å². The Morgan fingerprint density at radius 2 is 1.19 bits per heavy atom. The van der Waals surface area contributed by atoms with Gasteiger partial charge in [0.15, 0.2) is 5.79 Å². The van der Waals surface area contributed by atoms with Crippen molar-refractivity contribution in [1.82, 2.24) is 0 Å². The van der Waals surface area contributed by atoms with E-state index in [1.165, 1.54) is 0 Å². The maximum absolute atomic E-state index is 11.0. The highest BCUT2D eigenvalue weighted by Gasteiger charge is 2.46. The molecule has 7 heteroatoms. The number of hydrogen-bond donors (Lipinski definition) is 0. The van der Waals surface area contributed by atoms with Crippen LogP contribution in [0.2, 0.25) is 0 Å². The molecular formula is C20H36O7. The molecule has 0 bridgehead atoms. The van der Waals surface area contributed by atoms with E-state index >= 15 is 0 Å². The van der Waals surface area contributed by atoms with Crippen LogP contribution in [0, 0.1) is 0 Å². The molecule has 1 spiro atoms. The van der Waals surface area contributed by atoms with Crippen LogP contribution in [-0.4, -0.2) is 77.6 Å². The van der Waals surface area contributed by atoms with Gasteiger partial charge in [0.25, 0.3) is 0 Å². The summed E-state index contributed by atoms with van der Waals surface area (Å²) >= 11 is 0. The van der Waals surface area contributed by atoms with Gasteiger partial charge in [-0.1, -0.05) is 0 Å². The molecule has 2 aliphatic carbocycles. The van der Waals surface area contributed by atoms with E-state index in [0.717, 1.165) is 51.7 Å². The Morgan fingerprint density at radius 3 is 1.59 bits per heavy atom. The summed E-state index contributed by atoms with van der Waals surface area (Å²) in [6.07, 6.45) is 6.57. The first-order valence-electron chi connectivity index (χ1n) is 9.84. The quantitative estimate of drug-likeness (QED) is 0.692. The molecule has 158 valence electrons. The second-order valence-electron chi connectivity index (χ2n) is 7.79. The zero-order chi connectivity index (χ0) is 19.8. The largest absolute Gasteiger partial charge is 0.382 e. The van der Waals surface area contributed by atoms with Crippen LogP contribution in [0.5, 0.6) is 0 Å². The molecule has 7 nitrogen and oxygen atoms in total. The second-order valence-corrected chi connectivity index (χ2v) is 7.79. The Bertz CT molecular complexity index is 439. The van der Waals surface area contributed by atoms with Gasteiger partial charge in [-0.3, -0.25) is 4.79 Å². The van der Waals surface area contributed by atoms with E-state index in [4.69, 9.17) is 28.4 Å². The van der Waals surface area contributed by atoms with Gasteiger partial charge in [-0.2, -0.15) is 0 Å². The molecular weight excluding hydrogens is 352 g/mol. The SMILES string of the molecule is COCC1(OC)CCC(=O)CC1.COCC1(OC)CCC2(CC1)OCCO2. The van der Waals surface area contributed by atoms with Crippen LogP contribution in [0.4, 0.5) is 0 Å². The van der Waals surface area contributed by atoms with E-state index in [-0.39, 0.29) is 17.0 Å². The molecule has 0 aromatic carbocycles. The minimum absolute atomic E-state index is 0.130. The summed E-state index contributed by atoms with van der Waals surface area (Å²) in [5, 5.41) is 0. The summed E-state index contributed by atoms with van der Waals surface area (Å²) in [6.45, 7) is 2.70. The zero-order valence-electron chi connectivity index (χ0n) is 17.3. The Hall–Kier alpha value is -0.570. The van der Waals surface area contributed by atoms with Crippen LogP contribution in [0.1, 0.15) is 51.4 Å². The van der Waals surface area contributed by atoms with Crippen LogP contribution in [0.15, 0.2) is 0 Å². The molecule has 0 atom stereocenters. The lowest BCUT2D eigenvalue weighted by atomic mass is 9.81. The molecule has 0 aromatic heterocycles. The minimum atomic E-state index is -0.310. The molecule has 0 radical (unpaired) electrons. The Kier molecular flexibility index (Phi) is 8.65. The number of Topliss-reactive ketones (excluding diaryl/α,β-unsaturated/α-hetero) is 1. The molecule has 1 saturated heterocycles. The zero-order valence-corrected chi connectivity index (χ0v) is 17.3. The topological polar surface area (TPSA) is 72.5 Å². The Balaban J connectivity index is 0.000000199. The van der Waals surface area contributed by atoms with Gasteiger partial charge >= 0.3 is 0 Å². The monoisotopic (exact) mass is 388 g/mol. The van der Waals surface area contributed by atoms with Crippen LogP contribution < -0.4 is 0 Å². The normalized spacial score (nSPS) is 25.9. The molecule has 1 heterocycles. The van der Waals surface area contributed by atoms with E-state index < -0.39 is 0 Å². The molecule has 0 N–H and O–H groups in total. The van der Waals surface area contributed by atoms with Crippen molar-refractivity contribution in [3.05, 3.63) is 0 Å². The number of ether oxygens (including phenoxy) is 6. The molecule has 3 aliphatic rings. The van der Waals surface area contributed by atoms with E-state index in [0.29, 0.717) is 31.8 Å². The number of ketones is 1. The molecule has 3 rings (SSSR count). The molecule has 2 saturated carbocycles. The van der Waals surface area contributed by atoms with Crippen LogP contribution in [-0.2, 0) is 33.2 Å². The summed E-state index contributed by atoms with van der Waals surface area (Å²) in [5.74, 6) is 0.0363. The number of carbonyl (C=O) groups is 1. The van der Waals surface area contributed by atoms with Crippen molar-refractivity contribution in [2.75, 3.05) is 54.9 Å². The Morgan fingerprint density at radius 1 is 0.741 bits per heavy atom. The maximum atomic E-state index is 11.0. The fraction of sp³-hybridized carbons (Fsp3) is 0.950. The molecule has 1 aliphatic heterocycles. The summed E-state index contributed by atoms with van der Waals surface area (Å²) in [5.41, 5.74) is -0.321. The first-order chi connectivity index (χ1) is 13.0. The van der Waals surface area contributed by atoms with Gasteiger partial charge in [-0.15, -0.1) is 0 Å². The lowest BCUT2D eigenvalue weighted by molar-refractivity contribution is -0.213. The van der Waals surface area contributed by atoms with Crippen molar-refractivity contribution >= 4 is 5.78 Å². The Labute approximate surface area is 163 Å². The minimum Gasteiger partial charge on any atom is -0.382 e. The second kappa shape index (κ2) is 10.3. The predicted octanol–water partition coefficient (Wildman–Crippen LogP) is 2.50. The predicted molar refractivity (Wildman–Crippen MR) is 99.8 cm³/mol. The van der Waals surface area contributed by atoms with Crippen molar-refractivity contribution in [2.24, 2.45) is 0 Å². The van der Waals surface area contributed by atoms with Crippen molar-refractivity contribution in [3.8, 4) is 0 Å². The summed E-state index contributed by atoms with van der Waals surface area (Å²) < 4.78 is 32.6. The van der Waals surface area contributed by atoms with Crippen LogP contribution in [0.25, 0.3) is 0 Å². The first-order valence-corrected chi connectivity index (χ1v) is 9.84. The van der Waals surface area contributed by atoms with Crippen LogP contribution >= 0.6 is 0 Å². The first kappa shape index (κ1) is 22.7. The van der Waals surface area contributed by atoms with Gasteiger partial charge < -0.3 is 28.4 Å². The van der Waals surface area contributed by atoms with Crippen LogP contribution in [0.3, 0.4) is 0 Å². The highest BCUT2D eigenvalue weighted by Crippen LogP contribution is 2.41. The van der Waals surface area contributed by atoms with Gasteiger partial charge in [0.1, 0.15) is 5.78 Å². The van der Waals surface area contributed by atoms with E-state index in [9.17, 15) is 4.79 Å². The fourth-order valence-corrected chi connectivity index (χ4v) is 4.20. The molecule has 0 unspecified atom stereocenters. The lowest BCUT2D eigenvalue weighted by Gasteiger charge is -2.42. The molecule has 27 heavy (non-hydrogen) atoms. The van der Waals surface area contributed by atoms with Gasteiger partial charge in [0.2, 0.25) is 0 Å². The number of carbonyl (C=O) groups excluding carboxylic acids is 1. The summed E-state index contributed by atoms with van der Waals surface area (Å²) in [6, 6.07) is 0.